The van der Waals surface area contributed by atoms with Gasteiger partial charge in [-0.2, -0.15) is 0 Å². The van der Waals surface area contributed by atoms with Crippen LogP contribution >= 0.6 is 27.5 Å². The Bertz CT molecular complexity index is 579. The fraction of sp³-hybridized carbons (Fsp3) is 0.353. The number of benzene rings is 1. The van der Waals surface area contributed by atoms with Crippen molar-refractivity contribution >= 4 is 27.5 Å². The van der Waals surface area contributed by atoms with Crippen molar-refractivity contribution in [1.82, 2.24) is 10.3 Å². The number of nitrogens with zero attached hydrogens (tertiary/aromatic N) is 1. The van der Waals surface area contributed by atoms with E-state index in [1.807, 2.05) is 18.3 Å². The van der Waals surface area contributed by atoms with E-state index in [-0.39, 0.29) is 0 Å². The number of hydrogen-bond acceptors (Lipinski definition) is 2. The van der Waals surface area contributed by atoms with Crippen molar-refractivity contribution in [3.8, 4) is 0 Å². The maximum atomic E-state index is 6.00. The third-order valence-electron chi connectivity index (χ3n) is 3.82. The number of pyridine rings is 1. The van der Waals surface area contributed by atoms with Crippen molar-refractivity contribution in [2.75, 3.05) is 6.54 Å². The summed E-state index contributed by atoms with van der Waals surface area (Å²) in [6, 6.07) is 13.0. The van der Waals surface area contributed by atoms with E-state index in [4.69, 9.17) is 11.6 Å². The topological polar surface area (TPSA) is 24.9 Å². The summed E-state index contributed by atoms with van der Waals surface area (Å²) >= 11 is 9.43. The molecule has 0 amide bonds. The summed E-state index contributed by atoms with van der Waals surface area (Å²) in [5.74, 6) is 0.427. The zero-order valence-electron chi connectivity index (χ0n) is 11.7. The zero-order chi connectivity index (χ0) is 14.7. The van der Waals surface area contributed by atoms with Crippen LogP contribution in [0.3, 0.4) is 0 Å². The summed E-state index contributed by atoms with van der Waals surface area (Å²) in [6.45, 7) is 0.990. The summed E-state index contributed by atoms with van der Waals surface area (Å²) in [6.07, 6.45) is 5.42. The van der Waals surface area contributed by atoms with Crippen molar-refractivity contribution in [3.05, 3.63) is 63.3 Å². The summed E-state index contributed by atoms with van der Waals surface area (Å²) in [5.41, 5.74) is 2.44. The molecule has 1 aliphatic carbocycles. The molecule has 1 aromatic heterocycles. The van der Waals surface area contributed by atoms with Gasteiger partial charge in [-0.05, 0) is 65.0 Å². The predicted molar refractivity (Wildman–Crippen MR) is 90.9 cm³/mol. The monoisotopic (exact) mass is 364 g/mol. The van der Waals surface area contributed by atoms with Gasteiger partial charge in [-0.1, -0.05) is 23.7 Å². The Balaban J connectivity index is 1.73. The number of halogens is 2. The largest absolute Gasteiger partial charge is 0.313 e. The quantitative estimate of drug-likeness (QED) is 0.810. The first-order chi connectivity index (χ1) is 10.2. The Kier molecular flexibility index (Phi) is 4.94. The van der Waals surface area contributed by atoms with Gasteiger partial charge in [0.2, 0.25) is 0 Å². The van der Waals surface area contributed by atoms with Crippen LogP contribution in [0.15, 0.2) is 47.1 Å². The van der Waals surface area contributed by atoms with Crippen molar-refractivity contribution in [2.24, 2.45) is 0 Å². The van der Waals surface area contributed by atoms with Crippen LogP contribution in [0.25, 0.3) is 0 Å². The minimum absolute atomic E-state index is 0.427. The maximum absolute atomic E-state index is 6.00. The molecule has 1 heterocycles. The lowest BCUT2D eigenvalue weighted by atomic mass is 9.94. The summed E-state index contributed by atoms with van der Waals surface area (Å²) in [5, 5.41) is 4.42. The van der Waals surface area contributed by atoms with E-state index in [1.165, 1.54) is 18.4 Å². The Morgan fingerprint density at radius 3 is 2.57 bits per heavy atom. The maximum Gasteiger partial charge on any atom is 0.0413 e. The van der Waals surface area contributed by atoms with Gasteiger partial charge in [0.1, 0.15) is 0 Å². The van der Waals surface area contributed by atoms with Crippen LogP contribution in [0.5, 0.6) is 0 Å². The smallest absolute Gasteiger partial charge is 0.0413 e. The third kappa shape index (κ3) is 4.53. The van der Waals surface area contributed by atoms with Crippen molar-refractivity contribution in [3.63, 3.8) is 0 Å². The van der Waals surface area contributed by atoms with E-state index in [2.05, 4.69) is 50.5 Å². The van der Waals surface area contributed by atoms with E-state index in [1.54, 1.807) is 0 Å². The molecule has 1 unspecified atom stereocenters. The van der Waals surface area contributed by atoms with E-state index in [0.717, 1.165) is 34.2 Å². The number of nitrogens with one attached hydrogen (secondary N) is 1. The van der Waals surface area contributed by atoms with Crippen LogP contribution < -0.4 is 5.32 Å². The second-order valence-electron chi connectivity index (χ2n) is 5.60. The molecule has 1 fully saturated rings. The molecule has 2 aromatic rings. The van der Waals surface area contributed by atoms with Crippen LogP contribution in [-0.2, 0) is 6.42 Å². The van der Waals surface area contributed by atoms with Gasteiger partial charge in [0.25, 0.3) is 0 Å². The van der Waals surface area contributed by atoms with Crippen molar-refractivity contribution in [2.45, 2.75) is 31.2 Å². The second kappa shape index (κ2) is 6.91. The Labute approximate surface area is 139 Å². The van der Waals surface area contributed by atoms with Gasteiger partial charge < -0.3 is 5.32 Å². The van der Waals surface area contributed by atoms with Gasteiger partial charge >= 0.3 is 0 Å². The molecule has 1 atom stereocenters. The molecule has 0 spiro atoms. The number of aromatic nitrogens is 1. The first-order valence-electron chi connectivity index (χ1n) is 7.30. The Hall–Kier alpha value is -0.900. The average Bonchev–Trinajstić information content (AvgIpc) is 3.31. The lowest BCUT2D eigenvalue weighted by molar-refractivity contribution is 0.572. The van der Waals surface area contributed by atoms with Gasteiger partial charge in [0.15, 0.2) is 0 Å². The minimum atomic E-state index is 0.427. The third-order valence-corrected chi connectivity index (χ3v) is 4.54. The molecular formula is C17H18BrClN2. The SMILES string of the molecule is Clc1ccc(C(CNC2CC2)Cc2ccc(Br)cn2)cc1. The molecule has 1 aromatic carbocycles. The fourth-order valence-corrected chi connectivity index (χ4v) is 2.78. The highest BCUT2D eigenvalue weighted by Crippen LogP contribution is 2.25. The first kappa shape index (κ1) is 15.0. The van der Waals surface area contributed by atoms with Crippen LogP contribution in [0.4, 0.5) is 0 Å². The molecule has 0 saturated heterocycles. The molecule has 3 rings (SSSR count). The van der Waals surface area contributed by atoms with Crippen molar-refractivity contribution < 1.29 is 0 Å². The summed E-state index contributed by atoms with van der Waals surface area (Å²) in [7, 11) is 0. The molecule has 1 N–H and O–H groups in total. The number of rotatable bonds is 6. The van der Waals surface area contributed by atoms with Gasteiger partial charge in [-0.3, -0.25) is 4.98 Å². The van der Waals surface area contributed by atoms with Crippen molar-refractivity contribution in [1.29, 1.82) is 0 Å². The average molecular weight is 366 g/mol. The Morgan fingerprint density at radius 2 is 1.95 bits per heavy atom. The Morgan fingerprint density at radius 1 is 1.19 bits per heavy atom. The fourth-order valence-electron chi connectivity index (χ4n) is 2.42. The zero-order valence-corrected chi connectivity index (χ0v) is 14.1. The van der Waals surface area contributed by atoms with E-state index >= 15 is 0 Å². The van der Waals surface area contributed by atoms with E-state index < -0.39 is 0 Å². The molecule has 1 saturated carbocycles. The highest BCUT2D eigenvalue weighted by atomic mass is 79.9. The highest BCUT2D eigenvalue weighted by molar-refractivity contribution is 9.10. The minimum Gasteiger partial charge on any atom is -0.313 e. The molecule has 0 aliphatic heterocycles. The molecule has 110 valence electrons. The molecular weight excluding hydrogens is 348 g/mol. The summed E-state index contributed by atoms with van der Waals surface area (Å²) < 4.78 is 1.02. The standard InChI is InChI=1S/C17H18BrClN2/c18-14-3-6-17(21-11-14)9-13(10-20-16-7-8-16)12-1-4-15(19)5-2-12/h1-6,11,13,16,20H,7-10H2. The molecule has 0 radical (unpaired) electrons. The van der Waals surface area contributed by atoms with Crippen LogP contribution in [-0.4, -0.2) is 17.6 Å². The highest BCUT2D eigenvalue weighted by Gasteiger charge is 2.22. The predicted octanol–water partition coefficient (Wildman–Crippen LogP) is 4.58. The molecule has 4 heteroatoms. The van der Waals surface area contributed by atoms with E-state index in [9.17, 15) is 0 Å². The van der Waals surface area contributed by atoms with Gasteiger partial charge in [0.05, 0.1) is 0 Å². The van der Waals surface area contributed by atoms with Crippen LogP contribution in [0.1, 0.15) is 30.0 Å². The van der Waals surface area contributed by atoms with Crippen LogP contribution in [0, 0.1) is 0 Å². The lowest BCUT2D eigenvalue weighted by Gasteiger charge is -2.18. The lowest BCUT2D eigenvalue weighted by Crippen LogP contribution is -2.25. The van der Waals surface area contributed by atoms with Crippen LogP contribution in [0.2, 0.25) is 5.02 Å². The molecule has 0 bridgehead atoms. The normalized spacial score (nSPS) is 15.9. The van der Waals surface area contributed by atoms with Gasteiger partial charge in [0, 0.05) is 39.9 Å². The molecule has 2 nitrogen and oxygen atoms in total. The summed E-state index contributed by atoms with van der Waals surface area (Å²) in [4.78, 5) is 4.50. The van der Waals surface area contributed by atoms with Gasteiger partial charge in [-0.25, -0.2) is 0 Å². The second-order valence-corrected chi connectivity index (χ2v) is 6.95. The van der Waals surface area contributed by atoms with Gasteiger partial charge in [-0.15, -0.1) is 0 Å². The molecule has 21 heavy (non-hydrogen) atoms. The number of hydrogen-bond donors (Lipinski definition) is 1. The first-order valence-corrected chi connectivity index (χ1v) is 8.47. The van der Waals surface area contributed by atoms with E-state index in [0.29, 0.717) is 5.92 Å². The molecule has 1 aliphatic rings.